The minimum atomic E-state index is -0.860. The molecule has 3 N–H and O–H groups in total. The highest BCUT2D eigenvalue weighted by molar-refractivity contribution is 6.06. The molecule has 1 amide bonds. The molecule has 2 aromatic rings. The first-order chi connectivity index (χ1) is 11.9. The standard InChI is InChI=1S/C16H20N4O5/c1-3-20(6-11(21)22)10-4-9(5-10)19-15(24)12-8(2)25-16-13(12)14(23)17-7-18-16/h7,9-10H,3-6H2,1-2H3,(H,19,24)(H,21,22)(H,17,18,23). The van der Waals surface area contributed by atoms with Crippen LogP contribution in [0.2, 0.25) is 0 Å². The molecule has 0 saturated heterocycles. The molecule has 0 radical (unpaired) electrons. The second-order valence-electron chi connectivity index (χ2n) is 6.20. The summed E-state index contributed by atoms with van der Waals surface area (Å²) < 4.78 is 5.39. The summed E-state index contributed by atoms with van der Waals surface area (Å²) in [7, 11) is 0. The van der Waals surface area contributed by atoms with Crippen molar-refractivity contribution < 1.29 is 19.1 Å². The van der Waals surface area contributed by atoms with Crippen LogP contribution in [-0.2, 0) is 4.79 Å². The number of likely N-dealkylation sites (N-methyl/N-ethyl adjacent to an activating group) is 1. The number of hydrogen-bond acceptors (Lipinski definition) is 6. The number of carbonyl (C=O) groups is 2. The van der Waals surface area contributed by atoms with Gasteiger partial charge in [-0.3, -0.25) is 19.3 Å². The van der Waals surface area contributed by atoms with Crippen molar-refractivity contribution >= 4 is 23.0 Å². The number of nitrogens with one attached hydrogen (secondary N) is 2. The maximum Gasteiger partial charge on any atom is 0.317 e. The van der Waals surface area contributed by atoms with Gasteiger partial charge in [-0.05, 0) is 26.3 Å². The number of furan rings is 1. The average molecular weight is 348 g/mol. The molecular formula is C16H20N4O5. The van der Waals surface area contributed by atoms with Gasteiger partial charge in [-0.25, -0.2) is 4.98 Å². The van der Waals surface area contributed by atoms with E-state index in [0.29, 0.717) is 25.1 Å². The monoisotopic (exact) mass is 348 g/mol. The summed E-state index contributed by atoms with van der Waals surface area (Å²) in [5.41, 5.74) is -0.0840. The lowest BCUT2D eigenvalue weighted by Crippen LogP contribution is -2.54. The fourth-order valence-electron chi connectivity index (χ4n) is 3.26. The fourth-order valence-corrected chi connectivity index (χ4v) is 3.26. The van der Waals surface area contributed by atoms with Crippen molar-refractivity contribution in [3.63, 3.8) is 0 Å². The van der Waals surface area contributed by atoms with E-state index in [1.54, 1.807) is 6.92 Å². The maximum atomic E-state index is 12.6. The summed E-state index contributed by atoms with van der Waals surface area (Å²) in [6.45, 7) is 4.17. The lowest BCUT2D eigenvalue weighted by molar-refractivity contribution is -0.139. The number of aromatic amines is 1. The van der Waals surface area contributed by atoms with Gasteiger partial charge < -0.3 is 19.8 Å². The average Bonchev–Trinajstić information content (AvgIpc) is 2.85. The Morgan fingerprint density at radius 2 is 2.20 bits per heavy atom. The molecule has 1 saturated carbocycles. The number of carbonyl (C=O) groups excluding carboxylic acids is 1. The van der Waals surface area contributed by atoms with Crippen molar-refractivity contribution in [2.45, 2.75) is 38.8 Å². The third-order valence-corrected chi connectivity index (χ3v) is 4.61. The molecule has 0 unspecified atom stereocenters. The van der Waals surface area contributed by atoms with Crippen LogP contribution in [0.15, 0.2) is 15.5 Å². The van der Waals surface area contributed by atoms with E-state index in [4.69, 9.17) is 9.52 Å². The number of nitrogens with zero attached hydrogens (tertiary/aromatic N) is 2. The van der Waals surface area contributed by atoms with Gasteiger partial charge in [0.2, 0.25) is 5.71 Å². The lowest BCUT2D eigenvalue weighted by atomic mass is 9.85. The van der Waals surface area contributed by atoms with Gasteiger partial charge >= 0.3 is 5.97 Å². The molecule has 1 fully saturated rings. The van der Waals surface area contributed by atoms with Crippen LogP contribution < -0.4 is 10.9 Å². The first-order valence-electron chi connectivity index (χ1n) is 8.14. The zero-order valence-electron chi connectivity index (χ0n) is 14.0. The Morgan fingerprint density at radius 3 is 2.84 bits per heavy atom. The topological polar surface area (TPSA) is 129 Å². The number of fused-ring (bicyclic) bond motifs is 1. The molecule has 2 heterocycles. The first kappa shape index (κ1) is 17.2. The first-order valence-corrected chi connectivity index (χ1v) is 8.14. The quantitative estimate of drug-likeness (QED) is 0.693. The van der Waals surface area contributed by atoms with E-state index in [9.17, 15) is 14.4 Å². The van der Waals surface area contributed by atoms with Crippen LogP contribution in [0.1, 0.15) is 35.9 Å². The molecule has 3 rings (SSSR count). The van der Waals surface area contributed by atoms with Crippen LogP contribution in [0.5, 0.6) is 0 Å². The van der Waals surface area contributed by atoms with Crippen molar-refractivity contribution in [3.8, 4) is 0 Å². The summed E-state index contributed by atoms with van der Waals surface area (Å²) >= 11 is 0. The normalized spacial score (nSPS) is 19.8. The summed E-state index contributed by atoms with van der Waals surface area (Å²) in [4.78, 5) is 43.6. The van der Waals surface area contributed by atoms with E-state index in [-0.39, 0.29) is 41.2 Å². The molecule has 0 bridgehead atoms. The smallest absolute Gasteiger partial charge is 0.317 e. The number of aryl methyl sites for hydroxylation is 1. The van der Waals surface area contributed by atoms with Crippen molar-refractivity contribution in [1.82, 2.24) is 20.2 Å². The minimum Gasteiger partial charge on any atom is -0.480 e. The molecule has 0 atom stereocenters. The van der Waals surface area contributed by atoms with Crippen molar-refractivity contribution in [2.75, 3.05) is 13.1 Å². The number of hydrogen-bond donors (Lipinski definition) is 3. The van der Waals surface area contributed by atoms with Gasteiger partial charge in [-0.1, -0.05) is 6.92 Å². The van der Waals surface area contributed by atoms with Gasteiger partial charge in [0.15, 0.2) is 0 Å². The number of H-pyrrole nitrogens is 1. The molecule has 1 aliphatic carbocycles. The van der Waals surface area contributed by atoms with Crippen LogP contribution in [-0.4, -0.2) is 57.0 Å². The zero-order chi connectivity index (χ0) is 18.1. The van der Waals surface area contributed by atoms with E-state index in [0.717, 1.165) is 0 Å². The van der Waals surface area contributed by atoms with E-state index in [1.807, 2.05) is 11.8 Å². The van der Waals surface area contributed by atoms with Crippen LogP contribution >= 0.6 is 0 Å². The molecule has 9 nitrogen and oxygen atoms in total. The Hall–Kier alpha value is -2.68. The predicted molar refractivity (Wildman–Crippen MR) is 88.5 cm³/mol. The van der Waals surface area contributed by atoms with Gasteiger partial charge in [-0.2, -0.15) is 0 Å². The van der Waals surface area contributed by atoms with Crippen molar-refractivity contribution in [3.05, 3.63) is 28.0 Å². The molecular weight excluding hydrogens is 328 g/mol. The van der Waals surface area contributed by atoms with Crippen molar-refractivity contribution in [2.24, 2.45) is 0 Å². The van der Waals surface area contributed by atoms with E-state index < -0.39 is 11.5 Å². The molecule has 134 valence electrons. The fraction of sp³-hybridized carbons (Fsp3) is 0.500. The van der Waals surface area contributed by atoms with Crippen LogP contribution in [0, 0.1) is 6.92 Å². The van der Waals surface area contributed by atoms with Gasteiger partial charge in [0.05, 0.1) is 18.4 Å². The van der Waals surface area contributed by atoms with E-state index >= 15 is 0 Å². The number of aromatic nitrogens is 2. The summed E-state index contributed by atoms with van der Waals surface area (Å²) in [6.07, 6.45) is 2.58. The Labute approximate surface area is 143 Å². The SMILES string of the molecule is CCN(CC(=O)O)C1CC(NC(=O)c2c(C)oc3nc[nH]c(=O)c23)C1. The zero-order valence-corrected chi connectivity index (χ0v) is 14.0. The Bertz CT molecular complexity index is 865. The molecule has 2 aromatic heterocycles. The summed E-state index contributed by atoms with van der Waals surface area (Å²) in [5.74, 6) is -0.894. The molecule has 0 spiro atoms. The summed E-state index contributed by atoms with van der Waals surface area (Å²) in [5, 5.41) is 12.0. The Kier molecular flexibility index (Phi) is 4.58. The van der Waals surface area contributed by atoms with Crippen molar-refractivity contribution in [1.29, 1.82) is 0 Å². The molecule has 0 aliphatic heterocycles. The highest BCUT2D eigenvalue weighted by Crippen LogP contribution is 2.27. The number of rotatable bonds is 6. The highest BCUT2D eigenvalue weighted by Gasteiger charge is 2.35. The van der Waals surface area contributed by atoms with E-state index in [1.165, 1.54) is 6.33 Å². The largest absolute Gasteiger partial charge is 0.480 e. The molecule has 1 aliphatic rings. The van der Waals surface area contributed by atoms with Crippen LogP contribution in [0.3, 0.4) is 0 Å². The number of carboxylic acid groups (broad SMARTS) is 1. The maximum absolute atomic E-state index is 12.6. The minimum absolute atomic E-state index is 0.00560. The Morgan fingerprint density at radius 1 is 1.48 bits per heavy atom. The van der Waals surface area contributed by atoms with Crippen LogP contribution in [0.4, 0.5) is 0 Å². The lowest BCUT2D eigenvalue weighted by Gasteiger charge is -2.42. The van der Waals surface area contributed by atoms with E-state index in [2.05, 4.69) is 15.3 Å². The third kappa shape index (κ3) is 3.27. The highest BCUT2D eigenvalue weighted by atomic mass is 16.4. The molecule has 0 aromatic carbocycles. The second-order valence-corrected chi connectivity index (χ2v) is 6.20. The van der Waals surface area contributed by atoms with Gasteiger partial charge in [0.1, 0.15) is 11.1 Å². The summed E-state index contributed by atoms with van der Waals surface area (Å²) in [6, 6.07) is 0.0825. The second kappa shape index (κ2) is 6.67. The third-order valence-electron chi connectivity index (χ3n) is 4.61. The Balaban J connectivity index is 1.68. The van der Waals surface area contributed by atoms with Gasteiger partial charge in [0.25, 0.3) is 11.5 Å². The predicted octanol–water partition coefficient (Wildman–Crippen LogP) is 0.492. The van der Waals surface area contributed by atoms with Gasteiger partial charge in [-0.15, -0.1) is 0 Å². The van der Waals surface area contributed by atoms with Crippen LogP contribution in [0.25, 0.3) is 11.1 Å². The van der Waals surface area contributed by atoms with Gasteiger partial charge in [0, 0.05) is 12.1 Å². The number of carboxylic acids is 1. The molecule has 25 heavy (non-hydrogen) atoms. The molecule has 9 heteroatoms. The number of aliphatic carboxylic acids is 1. The number of amides is 1.